The van der Waals surface area contributed by atoms with E-state index in [1.807, 2.05) is 12.1 Å². The van der Waals surface area contributed by atoms with Crippen LogP contribution in [0, 0.1) is 5.92 Å². The molecule has 0 aliphatic carbocycles. The minimum atomic E-state index is -0.388. The van der Waals surface area contributed by atoms with E-state index >= 15 is 0 Å². The number of benzene rings is 1. The van der Waals surface area contributed by atoms with Gasteiger partial charge in [0.15, 0.2) is 0 Å². The zero-order chi connectivity index (χ0) is 11.8. The Kier molecular flexibility index (Phi) is 2.81. The van der Waals surface area contributed by atoms with Crippen LogP contribution in [0.1, 0.15) is 37.4 Å². The van der Waals surface area contributed by atoms with E-state index in [4.69, 9.17) is 0 Å². The summed E-state index contributed by atoms with van der Waals surface area (Å²) in [6, 6.07) is 8.15. The number of aromatic hydroxyl groups is 1. The summed E-state index contributed by atoms with van der Waals surface area (Å²) in [5.41, 5.74) is 0.925. The van der Waals surface area contributed by atoms with Crippen LogP contribution in [0.2, 0.25) is 0 Å². The number of piperidine rings is 1. The molecule has 2 bridgehead atoms. The van der Waals surface area contributed by atoms with Crippen molar-refractivity contribution >= 4 is 0 Å². The van der Waals surface area contributed by atoms with Crippen molar-refractivity contribution in [2.45, 2.75) is 43.9 Å². The maximum Gasteiger partial charge on any atom is 0.115 e. The smallest absolute Gasteiger partial charge is 0.115 e. The summed E-state index contributed by atoms with van der Waals surface area (Å²) in [5, 5.41) is 23.2. The van der Waals surface area contributed by atoms with Gasteiger partial charge in [0, 0.05) is 12.1 Å². The Morgan fingerprint density at radius 2 is 1.65 bits per heavy atom. The standard InChI is InChI=1S/C14H19NO2/c16-13-5-1-9(2-6-13)14(17)10-7-11-3-4-12(8-10)15-11/h1-2,5-6,10-12,14-17H,3-4,7-8H2. The molecular weight excluding hydrogens is 214 g/mol. The molecule has 3 unspecified atom stereocenters. The fraction of sp³-hybridized carbons (Fsp3) is 0.571. The van der Waals surface area contributed by atoms with E-state index in [1.165, 1.54) is 12.8 Å². The van der Waals surface area contributed by atoms with Crippen molar-refractivity contribution in [3.8, 4) is 5.75 Å². The van der Waals surface area contributed by atoms with Gasteiger partial charge in [0.2, 0.25) is 0 Å². The van der Waals surface area contributed by atoms with Gasteiger partial charge in [0.25, 0.3) is 0 Å². The van der Waals surface area contributed by atoms with Crippen molar-refractivity contribution in [3.63, 3.8) is 0 Å². The Balaban J connectivity index is 1.73. The Labute approximate surface area is 101 Å². The first-order chi connectivity index (χ1) is 8.22. The molecule has 3 atom stereocenters. The first-order valence-electron chi connectivity index (χ1n) is 6.45. The van der Waals surface area contributed by atoms with Crippen LogP contribution in [0.5, 0.6) is 5.75 Å². The van der Waals surface area contributed by atoms with Crippen molar-refractivity contribution in [3.05, 3.63) is 29.8 Å². The van der Waals surface area contributed by atoms with Gasteiger partial charge in [-0.15, -0.1) is 0 Å². The monoisotopic (exact) mass is 233 g/mol. The van der Waals surface area contributed by atoms with Crippen molar-refractivity contribution in [2.75, 3.05) is 0 Å². The van der Waals surface area contributed by atoms with Gasteiger partial charge < -0.3 is 15.5 Å². The van der Waals surface area contributed by atoms with Crippen LogP contribution >= 0.6 is 0 Å². The molecule has 1 aromatic rings. The fourth-order valence-electron chi connectivity index (χ4n) is 3.30. The normalized spacial score (nSPS) is 33.6. The average Bonchev–Trinajstić information content (AvgIpc) is 2.68. The van der Waals surface area contributed by atoms with Gasteiger partial charge in [-0.2, -0.15) is 0 Å². The van der Waals surface area contributed by atoms with Gasteiger partial charge in [-0.1, -0.05) is 12.1 Å². The van der Waals surface area contributed by atoms with Crippen LogP contribution in [0.3, 0.4) is 0 Å². The summed E-state index contributed by atoms with van der Waals surface area (Å²) in [6.07, 6.45) is 4.25. The summed E-state index contributed by atoms with van der Waals surface area (Å²) in [6.45, 7) is 0. The predicted octanol–water partition coefficient (Wildman–Crippen LogP) is 1.96. The second kappa shape index (κ2) is 4.31. The van der Waals surface area contributed by atoms with Gasteiger partial charge in [-0.05, 0) is 49.3 Å². The Morgan fingerprint density at radius 3 is 2.24 bits per heavy atom. The molecule has 17 heavy (non-hydrogen) atoms. The fourth-order valence-corrected chi connectivity index (χ4v) is 3.30. The predicted molar refractivity (Wildman–Crippen MR) is 65.7 cm³/mol. The highest BCUT2D eigenvalue weighted by atomic mass is 16.3. The lowest BCUT2D eigenvalue weighted by Gasteiger charge is -2.32. The number of aliphatic hydroxyl groups is 1. The van der Waals surface area contributed by atoms with Crippen LogP contribution in [-0.2, 0) is 0 Å². The summed E-state index contributed by atoms with van der Waals surface area (Å²) >= 11 is 0. The molecule has 0 spiro atoms. The Bertz CT molecular complexity index is 378. The number of phenols is 1. The number of aliphatic hydroxyl groups excluding tert-OH is 1. The molecule has 3 nitrogen and oxygen atoms in total. The molecule has 0 saturated carbocycles. The van der Waals surface area contributed by atoms with Crippen LogP contribution in [0.4, 0.5) is 0 Å². The van der Waals surface area contributed by atoms with Crippen molar-refractivity contribution in [1.29, 1.82) is 0 Å². The first kappa shape index (κ1) is 11.1. The molecular formula is C14H19NO2. The molecule has 3 N–H and O–H groups in total. The van der Waals surface area contributed by atoms with Gasteiger partial charge >= 0.3 is 0 Å². The lowest BCUT2D eigenvalue weighted by molar-refractivity contribution is 0.0760. The molecule has 3 rings (SSSR count). The van der Waals surface area contributed by atoms with Gasteiger partial charge in [0.1, 0.15) is 5.75 Å². The highest BCUT2D eigenvalue weighted by Gasteiger charge is 2.36. The van der Waals surface area contributed by atoms with Gasteiger partial charge in [0.05, 0.1) is 6.10 Å². The lowest BCUT2D eigenvalue weighted by atomic mass is 9.84. The van der Waals surface area contributed by atoms with Crippen LogP contribution < -0.4 is 5.32 Å². The molecule has 2 heterocycles. The molecule has 92 valence electrons. The zero-order valence-electron chi connectivity index (χ0n) is 9.84. The van der Waals surface area contributed by atoms with E-state index in [9.17, 15) is 10.2 Å². The Hall–Kier alpha value is -1.06. The molecule has 3 heteroatoms. The topological polar surface area (TPSA) is 52.5 Å². The first-order valence-corrected chi connectivity index (χ1v) is 6.45. The molecule has 1 aromatic carbocycles. The lowest BCUT2D eigenvalue weighted by Crippen LogP contribution is -2.39. The third kappa shape index (κ3) is 2.17. The molecule has 0 amide bonds. The van der Waals surface area contributed by atoms with Gasteiger partial charge in [-0.25, -0.2) is 0 Å². The minimum absolute atomic E-state index is 0.256. The van der Waals surface area contributed by atoms with Crippen LogP contribution in [-0.4, -0.2) is 22.3 Å². The largest absolute Gasteiger partial charge is 0.508 e. The second-order valence-corrected chi connectivity index (χ2v) is 5.41. The highest BCUT2D eigenvalue weighted by molar-refractivity contribution is 5.27. The van der Waals surface area contributed by atoms with E-state index in [1.54, 1.807) is 12.1 Å². The number of rotatable bonds is 2. The second-order valence-electron chi connectivity index (χ2n) is 5.41. The number of fused-ring (bicyclic) bond motifs is 2. The van der Waals surface area contributed by atoms with Crippen molar-refractivity contribution in [1.82, 2.24) is 5.32 Å². The van der Waals surface area contributed by atoms with E-state index in [-0.39, 0.29) is 11.9 Å². The molecule has 2 saturated heterocycles. The molecule has 0 aromatic heterocycles. The van der Waals surface area contributed by atoms with Gasteiger partial charge in [-0.3, -0.25) is 0 Å². The molecule has 2 aliphatic rings. The highest BCUT2D eigenvalue weighted by Crippen LogP contribution is 2.38. The minimum Gasteiger partial charge on any atom is -0.508 e. The maximum atomic E-state index is 10.4. The molecule has 2 aliphatic heterocycles. The van der Waals surface area contributed by atoms with Crippen molar-refractivity contribution < 1.29 is 10.2 Å². The van der Waals surface area contributed by atoms with E-state index in [0.717, 1.165) is 18.4 Å². The SMILES string of the molecule is Oc1ccc(C(O)C2CC3CCC(C2)N3)cc1. The summed E-state index contributed by atoms with van der Waals surface area (Å²) < 4.78 is 0. The van der Waals surface area contributed by atoms with E-state index in [2.05, 4.69) is 5.32 Å². The van der Waals surface area contributed by atoms with Crippen LogP contribution in [0.15, 0.2) is 24.3 Å². The summed E-state index contributed by atoms with van der Waals surface area (Å²) in [7, 11) is 0. The number of hydrogen-bond donors (Lipinski definition) is 3. The number of nitrogens with one attached hydrogen (secondary N) is 1. The summed E-state index contributed by atoms with van der Waals surface area (Å²) in [5.74, 6) is 0.615. The van der Waals surface area contributed by atoms with Crippen LogP contribution in [0.25, 0.3) is 0 Å². The zero-order valence-corrected chi connectivity index (χ0v) is 9.84. The third-order valence-corrected chi connectivity index (χ3v) is 4.19. The van der Waals surface area contributed by atoms with Crippen molar-refractivity contribution in [2.24, 2.45) is 5.92 Å². The average molecular weight is 233 g/mol. The summed E-state index contributed by atoms with van der Waals surface area (Å²) in [4.78, 5) is 0. The molecule has 2 fully saturated rings. The van der Waals surface area contributed by atoms with E-state index in [0.29, 0.717) is 18.0 Å². The third-order valence-electron chi connectivity index (χ3n) is 4.19. The maximum absolute atomic E-state index is 10.4. The van der Waals surface area contributed by atoms with E-state index < -0.39 is 0 Å². The quantitative estimate of drug-likeness (QED) is 0.732. The molecule has 0 radical (unpaired) electrons. The number of hydrogen-bond acceptors (Lipinski definition) is 3. The Morgan fingerprint density at radius 1 is 1.06 bits per heavy atom. The number of phenolic OH excluding ortho intramolecular Hbond substituents is 1.